The summed E-state index contributed by atoms with van der Waals surface area (Å²) in [6, 6.07) is 2.66. The van der Waals surface area contributed by atoms with E-state index in [2.05, 4.69) is 17.9 Å². The van der Waals surface area contributed by atoms with Crippen molar-refractivity contribution in [1.29, 1.82) is 5.26 Å². The van der Waals surface area contributed by atoms with Gasteiger partial charge in [-0.1, -0.05) is 6.92 Å². The molecule has 4 nitrogen and oxygen atoms in total. The number of rotatable bonds is 9. The van der Waals surface area contributed by atoms with Gasteiger partial charge in [0.25, 0.3) is 0 Å². The Morgan fingerprint density at radius 1 is 1.50 bits per heavy atom. The van der Waals surface area contributed by atoms with Gasteiger partial charge in [-0.3, -0.25) is 4.90 Å². The monoisotopic (exact) mass is 227 g/mol. The fraction of sp³-hybridized carbons (Fsp3) is 0.917. The van der Waals surface area contributed by atoms with Gasteiger partial charge in [-0.05, 0) is 32.9 Å². The van der Waals surface area contributed by atoms with E-state index in [1.807, 2.05) is 6.92 Å². The van der Waals surface area contributed by atoms with Crippen LogP contribution < -0.4 is 5.73 Å². The average molecular weight is 227 g/mol. The maximum Gasteiger partial charge on any atom is 0.0666 e. The number of likely N-dealkylation sites (N-methyl/N-ethyl adjacent to an activating group) is 1. The molecule has 0 saturated carbocycles. The molecule has 2 N–H and O–H groups in total. The third-order valence-electron chi connectivity index (χ3n) is 2.75. The minimum absolute atomic E-state index is 0.0668. The number of methoxy groups -OCH3 is 1. The number of nitriles is 1. The largest absolute Gasteiger partial charge is 0.383 e. The van der Waals surface area contributed by atoms with Crippen molar-refractivity contribution in [3.63, 3.8) is 0 Å². The van der Waals surface area contributed by atoms with Crippen LogP contribution in [-0.2, 0) is 4.74 Å². The highest BCUT2D eigenvalue weighted by molar-refractivity contribution is 4.83. The van der Waals surface area contributed by atoms with E-state index in [1.54, 1.807) is 7.11 Å². The maximum atomic E-state index is 8.84. The number of ether oxygens (including phenoxy) is 1. The predicted octanol–water partition coefficient (Wildman–Crippen LogP) is 1.22. The summed E-state index contributed by atoms with van der Waals surface area (Å²) in [6.07, 6.45) is 2.04. The summed E-state index contributed by atoms with van der Waals surface area (Å²) in [6.45, 7) is 7.26. The Labute approximate surface area is 99.4 Å². The zero-order valence-electron chi connectivity index (χ0n) is 10.8. The Hall–Kier alpha value is -0.630. The van der Waals surface area contributed by atoms with Crippen LogP contribution in [0, 0.1) is 17.2 Å². The number of hydrogen-bond acceptors (Lipinski definition) is 4. The van der Waals surface area contributed by atoms with Gasteiger partial charge in [0.2, 0.25) is 0 Å². The molecule has 2 unspecified atom stereocenters. The Morgan fingerprint density at radius 2 is 2.19 bits per heavy atom. The van der Waals surface area contributed by atoms with E-state index >= 15 is 0 Å². The Kier molecular flexibility index (Phi) is 9.21. The van der Waals surface area contributed by atoms with Crippen LogP contribution in [0.2, 0.25) is 0 Å². The van der Waals surface area contributed by atoms with Crippen LogP contribution in [0.25, 0.3) is 0 Å². The molecule has 0 fully saturated rings. The number of nitrogens with zero attached hydrogens (tertiary/aromatic N) is 2. The van der Waals surface area contributed by atoms with Gasteiger partial charge in [-0.2, -0.15) is 5.26 Å². The Bertz CT molecular complexity index is 203. The fourth-order valence-electron chi connectivity index (χ4n) is 1.85. The summed E-state index contributed by atoms with van der Waals surface area (Å²) in [4.78, 5) is 2.31. The SMILES string of the molecule is CCN(CC(C)C#N)C(CCCN)COC. The topological polar surface area (TPSA) is 62.3 Å². The van der Waals surface area contributed by atoms with E-state index in [4.69, 9.17) is 15.7 Å². The van der Waals surface area contributed by atoms with Crippen molar-refractivity contribution in [1.82, 2.24) is 4.90 Å². The van der Waals surface area contributed by atoms with E-state index in [-0.39, 0.29) is 5.92 Å². The van der Waals surface area contributed by atoms with Crippen molar-refractivity contribution in [2.45, 2.75) is 32.7 Å². The summed E-state index contributed by atoms with van der Waals surface area (Å²) in [5, 5.41) is 8.84. The second kappa shape index (κ2) is 9.59. The lowest BCUT2D eigenvalue weighted by Crippen LogP contribution is -2.41. The lowest BCUT2D eigenvalue weighted by atomic mass is 10.1. The minimum atomic E-state index is 0.0668. The third-order valence-corrected chi connectivity index (χ3v) is 2.75. The molecule has 0 spiro atoms. The Balaban J connectivity index is 4.27. The number of nitrogens with two attached hydrogens (primary N) is 1. The summed E-state index contributed by atoms with van der Waals surface area (Å²) < 4.78 is 5.23. The Morgan fingerprint density at radius 3 is 2.62 bits per heavy atom. The van der Waals surface area contributed by atoms with E-state index in [1.165, 1.54) is 0 Å². The molecule has 0 aromatic heterocycles. The van der Waals surface area contributed by atoms with Crippen molar-refractivity contribution >= 4 is 0 Å². The summed E-state index contributed by atoms with van der Waals surface area (Å²) in [5.74, 6) is 0.0668. The maximum absolute atomic E-state index is 8.84. The average Bonchev–Trinajstić information content (AvgIpc) is 2.31. The van der Waals surface area contributed by atoms with E-state index in [0.717, 1.165) is 25.9 Å². The lowest BCUT2D eigenvalue weighted by molar-refractivity contribution is 0.0825. The highest BCUT2D eigenvalue weighted by Gasteiger charge is 2.18. The predicted molar refractivity (Wildman–Crippen MR) is 66.0 cm³/mol. The van der Waals surface area contributed by atoms with Gasteiger partial charge in [0.05, 0.1) is 18.6 Å². The van der Waals surface area contributed by atoms with Gasteiger partial charge in [-0.25, -0.2) is 0 Å². The molecule has 0 bridgehead atoms. The van der Waals surface area contributed by atoms with Gasteiger partial charge in [0.1, 0.15) is 0 Å². The molecule has 0 aliphatic carbocycles. The molecule has 0 heterocycles. The first-order chi connectivity index (χ1) is 7.69. The number of hydrogen-bond donors (Lipinski definition) is 1. The van der Waals surface area contributed by atoms with Crippen LogP contribution >= 0.6 is 0 Å². The molecule has 0 rings (SSSR count). The van der Waals surface area contributed by atoms with Crippen molar-refractivity contribution in [3.05, 3.63) is 0 Å². The van der Waals surface area contributed by atoms with Crippen LogP contribution in [0.15, 0.2) is 0 Å². The summed E-state index contributed by atoms with van der Waals surface area (Å²) in [7, 11) is 1.72. The highest BCUT2D eigenvalue weighted by Crippen LogP contribution is 2.10. The molecular formula is C12H25N3O. The lowest BCUT2D eigenvalue weighted by Gasteiger charge is -2.31. The van der Waals surface area contributed by atoms with Crippen LogP contribution in [0.5, 0.6) is 0 Å². The van der Waals surface area contributed by atoms with Crippen molar-refractivity contribution in [2.24, 2.45) is 11.7 Å². The van der Waals surface area contributed by atoms with Gasteiger partial charge in [-0.15, -0.1) is 0 Å². The molecule has 16 heavy (non-hydrogen) atoms. The van der Waals surface area contributed by atoms with Crippen LogP contribution in [-0.4, -0.2) is 44.3 Å². The summed E-state index contributed by atoms with van der Waals surface area (Å²) in [5.41, 5.74) is 5.53. The summed E-state index contributed by atoms with van der Waals surface area (Å²) >= 11 is 0. The van der Waals surface area contributed by atoms with Gasteiger partial charge >= 0.3 is 0 Å². The molecule has 0 aliphatic rings. The fourth-order valence-corrected chi connectivity index (χ4v) is 1.85. The van der Waals surface area contributed by atoms with Crippen LogP contribution in [0.3, 0.4) is 0 Å². The molecule has 0 amide bonds. The molecule has 0 aromatic carbocycles. The quantitative estimate of drug-likeness (QED) is 0.643. The highest BCUT2D eigenvalue weighted by atomic mass is 16.5. The zero-order chi connectivity index (χ0) is 12.4. The van der Waals surface area contributed by atoms with Gasteiger partial charge in [0.15, 0.2) is 0 Å². The standard InChI is InChI=1S/C12H25N3O/c1-4-15(9-11(2)8-14)12(10-16-3)6-5-7-13/h11-12H,4-7,9-10,13H2,1-3H3. The van der Waals surface area contributed by atoms with Crippen LogP contribution in [0.1, 0.15) is 26.7 Å². The molecular weight excluding hydrogens is 202 g/mol. The van der Waals surface area contributed by atoms with Gasteiger partial charge < -0.3 is 10.5 Å². The third kappa shape index (κ3) is 6.06. The first-order valence-electron chi connectivity index (χ1n) is 6.02. The molecule has 0 aliphatic heterocycles. The van der Waals surface area contributed by atoms with Crippen molar-refractivity contribution in [3.8, 4) is 6.07 Å². The van der Waals surface area contributed by atoms with Crippen molar-refractivity contribution in [2.75, 3.05) is 33.4 Å². The molecule has 2 atom stereocenters. The zero-order valence-corrected chi connectivity index (χ0v) is 10.8. The van der Waals surface area contributed by atoms with Crippen LogP contribution in [0.4, 0.5) is 0 Å². The normalized spacial score (nSPS) is 14.8. The first-order valence-corrected chi connectivity index (χ1v) is 6.02. The second-order valence-corrected chi connectivity index (χ2v) is 4.16. The van der Waals surface area contributed by atoms with E-state index < -0.39 is 0 Å². The molecule has 0 aromatic rings. The molecule has 0 radical (unpaired) electrons. The molecule has 0 saturated heterocycles. The van der Waals surface area contributed by atoms with Gasteiger partial charge in [0, 0.05) is 19.7 Å². The second-order valence-electron chi connectivity index (χ2n) is 4.16. The first kappa shape index (κ1) is 15.4. The van der Waals surface area contributed by atoms with Crippen molar-refractivity contribution < 1.29 is 4.74 Å². The van der Waals surface area contributed by atoms with E-state index in [0.29, 0.717) is 19.2 Å². The molecule has 94 valence electrons. The van der Waals surface area contributed by atoms with E-state index in [9.17, 15) is 0 Å². The smallest absolute Gasteiger partial charge is 0.0666 e. The molecule has 4 heteroatoms. The minimum Gasteiger partial charge on any atom is -0.383 e.